The van der Waals surface area contributed by atoms with E-state index >= 15 is 0 Å². The Morgan fingerprint density at radius 3 is 2.65 bits per heavy atom. The summed E-state index contributed by atoms with van der Waals surface area (Å²) in [5.41, 5.74) is 3.43. The summed E-state index contributed by atoms with van der Waals surface area (Å²) in [6.07, 6.45) is 1.79. The molecular weight excluding hydrogens is 290 g/mol. The fourth-order valence-corrected chi connectivity index (χ4v) is 2.29. The van der Waals surface area contributed by atoms with Crippen molar-refractivity contribution in [3.8, 4) is 5.75 Å². The molecule has 0 saturated carbocycles. The number of guanidine groups is 1. The summed E-state index contributed by atoms with van der Waals surface area (Å²) >= 11 is 0. The van der Waals surface area contributed by atoms with Gasteiger partial charge >= 0.3 is 0 Å². The molecule has 0 spiro atoms. The lowest BCUT2D eigenvalue weighted by atomic mass is 10.1. The van der Waals surface area contributed by atoms with Gasteiger partial charge in [0.2, 0.25) is 0 Å². The highest BCUT2D eigenvalue weighted by Crippen LogP contribution is 2.18. The summed E-state index contributed by atoms with van der Waals surface area (Å²) in [6.45, 7) is 6.12. The number of ether oxygens (including phenoxy) is 1. The minimum Gasteiger partial charge on any atom is -0.494 e. The molecular formula is C17H25N5O. The Morgan fingerprint density at radius 1 is 1.26 bits per heavy atom. The van der Waals surface area contributed by atoms with Crippen LogP contribution in [0.25, 0.3) is 0 Å². The number of aryl methyl sites for hydroxylation is 2. The monoisotopic (exact) mass is 315 g/mol. The predicted molar refractivity (Wildman–Crippen MR) is 92.6 cm³/mol. The van der Waals surface area contributed by atoms with E-state index in [1.807, 2.05) is 30.8 Å². The highest BCUT2D eigenvalue weighted by Gasteiger charge is 2.04. The Hall–Kier alpha value is -2.50. The highest BCUT2D eigenvalue weighted by atomic mass is 16.5. The van der Waals surface area contributed by atoms with E-state index in [9.17, 15) is 0 Å². The van der Waals surface area contributed by atoms with E-state index in [1.165, 1.54) is 5.56 Å². The zero-order chi connectivity index (χ0) is 16.7. The minimum absolute atomic E-state index is 0.679. The molecule has 6 heteroatoms. The van der Waals surface area contributed by atoms with Crippen LogP contribution in [0.4, 0.5) is 0 Å². The van der Waals surface area contributed by atoms with E-state index in [0.717, 1.165) is 23.0 Å². The first kappa shape index (κ1) is 16.9. The van der Waals surface area contributed by atoms with Crippen molar-refractivity contribution in [3.63, 3.8) is 0 Å². The van der Waals surface area contributed by atoms with Gasteiger partial charge in [-0.05, 0) is 37.1 Å². The van der Waals surface area contributed by atoms with Crippen LogP contribution in [-0.4, -0.2) is 29.4 Å². The molecule has 0 unspecified atom stereocenters. The van der Waals surface area contributed by atoms with E-state index < -0.39 is 0 Å². The molecule has 124 valence electrons. The summed E-state index contributed by atoms with van der Waals surface area (Å²) in [5, 5.41) is 10.7. The van der Waals surface area contributed by atoms with Crippen molar-refractivity contribution < 1.29 is 4.74 Å². The lowest BCUT2D eigenvalue weighted by molar-refractivity contribution is 0.338. The Labute approximate surface area is 137 Å². The summed E-state index contributed by atoms with van der Waals surface area (Å²) in [7, 11) is 3.69. The van der Waals surface area contributed by atoms with E-state index in [0.29, 0.717) is 19.7 Å². The molecule has 0 aliphatic rings. The number of rotatable bonds is 6. The van der Waals surface area contributed by atoms with Gasteiger partial charge in [-0.15, -0.1) is 0 Å². The predicted octanol–water partition coefficient (Wildman–Crippen LogP) is 1.99. The van der Waals surface area contributed by atoms with E-state index in [2.05, 4.69) is 39.8 Å². The molecule has 23 heavy (non-hydrogen) atoms. The second-order valence-electron chi connectivity index (χ2n) is 5.26. The molecule has 0 aliphatic carbocycles. The zero-order valence-electron chi connectivity index (χ0n) is 14.3. The molecule has 1 aromatic carbocycles. The van der Waals surface area contributed by atoms with Crippen LogP contribution in [0.5, 0.6) is 5.75 Å². The summed E-state index contributed by atoms with van der Waals surface area (Å²) < 4.78 is 7.41. The number of aromatic nitrogens is 2. The van der Waals surface area contributed by atoms with E-state index in [1.54, 1.807) is 13.2 Å². The SMILES string of the molecule is CCOc1ccc(CNC(=NC)NCc2ccnn2C)cc1C. The number of hydrogen-bond donors (Lipinski definition) is 2. The van der Waals surface area contributed by atoms with Crippen LogP contribution in [0.15, 0.2) is 35.5 Å². The molecule has 1 heterocycles. The van der Waals surface area contributed by atoms with Gasteiger partial charge in [0.1, 0.15) is 5.75 Å². The molecule has 2 aromatic rings. The zero-order valence-corrected chi connectivity index (χ0v) is 14.3. The van der Waals surface area contributed by atoms with Gasteiger partial charge in [0.15, 0.2) is 5.96 Å². The van der Waals surface area contributed by atoms with Crippen LogP contribution in [0.3, 0.4) is 0 Å². The van der Waals surface area contributed by atoms with Crippen LogP contribution in [-0.2, 0) is 20.1 Å². The first-order chi connectivity index (χ1) is 11.1. The van der Waals surface area contributed by atoms with Gasteiger partial charge in [-0.2, -0.15) is 5.10 Å². The summed E-state index contributed by atoms with van der Waals surface area (Å²) in [6, 6.07) is 8.20. The lowest BCUT2D eigenvalue weighted by Crippen LogP contribution is -2.36. The lowest BCUT2D eigenvalue weighted by Gasteiger charge is -2.13. The van der Waals surface area contributed by atoms with Crippen LogP contribution in [0.2, 0.25) is 0 Å². The number of hydrogen-bond acceptors (Lipinski definition) is 3. The fourth-order valence-electron chi connectivity index (χ4n) is 2.29. The molecule has 6 nitrogen and oxygen atoms in total. The normalized spacial score (nSPS) is 11.4. The van der Waals surface area contributed by atoms with E-state index in [4.69, 9.17) is 4.74 Å². The Bertz CT molecular complexity index is 663. The third-order valence-corrected chi connectivity index (χ3v) is 3.58. The molecule has 0 aliphatic heterocycles. The van der Waals surface area contributed by atoms with Crippen LogP contribution in [0.1, 0.15) is 23.7 Å². The topological polar surface area (TPSA) is 63.5 Å². The first-order valence-electron chi connectivity index (χ1n) is 7.77. The highest BCUT2D eigenvalue weighted by molar-refractivity contribution is 5.79. The maximum atomic E-state index is 5.56. The van der Waals surface area contributed by atoms with Crippen molar-refractivity contribution in [1.29, 1.82) is 0 Å². The second-order valence-corrected chi connectivity index (χ2v) is 5.26. The van der Waals surface area contributed by atoms with Gasteiger partial charge in [-0.1, -0.05) is 12.1 Å². The first-order valence-corrected chi connectivity index (χ1v) is 7.77. The number of nitrogens with one attached hydrogen (secondary N) is 2. The minimum atomic E-state index is 0.679. The molecule has 1 aromatic heterocycles. The molecule has 0 amide bonds. The molecule has 2 N–H and O–H groups in total. The van der Waals surface area contributed by atoms with Gasteiger partial charge in [0.05, 0.1) is 18.8 Å². The van der Waals surface area contributed by atoms with Crippen molar-refractivity contribution in [2.45, 2.75) is 26.9 Å². The van der Waals surface area contributed by atoms with Gasteiger partial charge in [-0.3, -0.25) is 9.67 Å². The van der Waals surface area contributed by atoms with Crippen molar-refractivity contribution in [3.05, 3.63) is 47.3 Å². The maximum Gasteiger partial charge on any atom is 0.191 e. The smallest absolute Gasteiger partial charge is 0.191 e. The number of nitrogens with zero attached hydrogens (tertiary/aromatic N) is 3. The molecule has 0 radical (unpaired) electrons. The fraction of sp³-hybridized carbons (Fsp3) is 0.412. The average Bonchev–Trinajstić information content (AvgIpc) is 2.95. The maximum absolute atomic E-state index is 5.56. The van der Waals surface area contributed by atoms with E-state index in [-0.39, 0.29) is 0 Å². The van der Waals surface area contributed by atoms with Gasteiger partial charge in [-0.25, -0.2) is 0 Å². The number of aliphatic imine (C=N–C) groups is 1. The summed E-state index contributed by atoms with van der Waals surface area (Å²) in [5.74, 6) is 1.70. The van der Waals surface area contributed by atoms with Gasteiger partial charge in [0.25, 0.3) is 0 Å². The average molecular weight is 315 g/mol. The molecule has 0 bridgehead atoms. The van der Waals surface area contributed by atoms with Crippen molar-refractivity contribution in [2.75, 3.05) is 13.7 Å². The van der Waals surface area contributed by atoms with Crippen molar-refractivity contribution in [2.24, 2.45) is 12.0 Å². The molecule has 0 saturated heterocycles. The Morgan fingerprint density at radius 2 is 2.04 bits per heavy atom. The third-order valence-electron chi connectivity index (χ3n) is 3.58. The summed E-state index contributed by atoms with van der Waals surface area (Å²) in [4.78, 5) is 4.24. The Kier molecular flexibility index (Phi) is 6.02. The second kappa shape index (κ2) is 8.22. The van der Waals surface area contributed by atoms with Crippen LogP contribution in [0, 0.1) is 6.92 Å². The quantitative estimate of drug-likeness (QED) is 0.632. The van der Waals surface area contributed by atoms with Crippen LogP contribution < -0.4 is 15.4 Å². The number of benzene rings is 1. The van der Waals surface area contributed by atoms with Gasteiger partial charge < -0.3 is 15.4 Å². The molecule has 0 atom stereocenters. The molecule has 0 fully saturated rings. The van der Waals surface area contributed by atoms with Crippen LogP contribution >= 0.6 is 0 Å². The standard InChI is InChI=1S/C17H25N5O/c1-5-23-16-7-6-14(10-13(16)2)11-19-17(18-3)20-12-15-8-9-21-22(15)4/h6-10H,5,11-12H2,1-4H3,(H2,18,19,20). The largest absolute Gasteiger partial charge is 0.494 e. The third kappa shape index (κ3) is 4.74. The van der Waals surface area contributed by atoms with Crippen molar-refractivity contribution >= 4 is 5.96 Å². The Balaban J connectivity index is 1.88. The molecule has 2 rings (SSSR count). The van der Waals surface area contributed by atoms with Crippen molar-refractivity contribution in [1.82, 2.24) is 20.4 Å². The van der Waals surface area contributed by atoms with Gasteiger partial charge in [0, 0.05) is 26.8 Å².